The lowest BCUT2D eigenvalue weighted by Crippen LogP contribution is -2.50. The number of carbonyl (C=O) groups excluding carboxylic acids is 3. The molecular weight excluding hydrogens is 609 g/mol. The van der Waals surface area contributed by atoms with Crippen LogP contribution in [-0.2, 0) is 36.8 Å². The fourth-order valence-electron chi connectivity index (χ4n) is 4.88. The van der Waals surface area contributed by atoms with E-state index >= 15 is 4.39 Å². The molecule has 0 radical (unpaired) electrons. The fourth-order valence-corrected chi connectivity index (χ4v) is 4.88. The number of nitrogens with zero attached hydrogens (tertiary/aromatic N) is 2. The third kappa shape index (κ3) is 11.3. The average molecular weight is 660 g/mol. The highest BCUT2D eigenvalue weighted by Crippen LogP contribution is 2.44. The van der Waals surface area contributed by atoms with Gasteiger partial charge in [-0.1, -0.05) is 30.3 Å². The molecule has 2 aromatic rings. The number of amides is 2. The first-order chi connectivity index (χ1) is 21.8. The van der Waals surface area contributed by atoms with Crippen LogP contribution < -0.4 is 15.0 Å². The monoisotopic (exact) mass is 659 g/mol. The first-order valence-electron chi connectivity index (χ1n) is 15.7. The zero-order chi connectivity index (χ0) is 35.2. The van der Waals surface area contributed by atoms with Crippen molar-refractivity contribution < 1.29 is 42.5 Å². The van der Waals surface area contributed by atoms with Crippen LogP contribution in [0.1, 0.15) is 73.4 Å². The third-order valence-electron chi connectivity index (χ3n) is 6.68. The molecule has 1 aliphatic rings. The second-order valence-electron chi connectivity index (χ2n) is 14.4. The van der Waals surface area contributed by atoms with Crippen LogP contribution in [0.4, 0.5) is 25.4 Å². The van der Waals surface area contributed by atoms with E-state index in [-0.39, 0.29) is 62.0 Å². The maximum Gasteiger partial charge on any atom is 0.415 e. The molecule has 0 aromatic heterocycles. The Balaban J connectivity index is 2.07. The minimum absolute atomic E-state index is 0.00646. The third-order valence-corrected chi connectivity index (χ3v) is 6.68. The number of methoxy groups -OCH3 is 1. The lowest BCUT2D eigenvalue weighted by molar-refractivity contribution is -0.152. The second kappa shape index (κ2) is 15.2. The van der Waals surface area contributed by atoms with Gasteiger partial charge in [-0.25, -0.2) is 14.0 Å². The van der Waals surface area contributed by atoms with Crippen molar-refractivity contribution in [3.63, 3.8) is 0 Å². The van der Waals surface area contributed by atoms with Crippen LogP contribution in [0.5, 0.6) is 5.75 Å². The number of ether oxygens (including phenoxy) is 5. The van der Waals surface area contributed by atoms with Gasteiger partial charge in [0.25, 0.3) is 0 Å². The van der Waals surface area contributed by atoms with Gasteiger partial charge in [0.15, 0.2) is 5.82 Å². The Hall–Kier alpha value is -4.06. The van der Waals surface area contributed by atoms with E-state index in [4.69, 9.17) is 23.7 Å². The molecule has 0 unspecified atom stereocenters. The fraction of sp³-hybridized carbons (Fsp3) is 0.571. The minimum atomic E-state index is -0.856. The van der Waals surface area contributed by atoms with E-state index in [1.165, 1.54) is 16.9 Å². The van der Waals surface area contributed by atoms with Gasteiger partial charge in [0.05, 0.1) is 18.3 Å². The summed E-state index contributed by atoms with van der Waals surface area (Å²) >= 11 is 0. The Morgan fingerprint density at radius 1 is 0.936 bits per heavy atom. The molecule has 12 heteroatoms. The van der Waals surface area contributed by atoms with E-state index in [0.717, 1.165) is 5.56 Å². The van der Waals surface area contributed by atoms with E-state index in [0.29, 0.717) is 0 Å². The van der Waals surface area contributed by atoms with E-state index < -0.39 is 46.8 Å². The van der Waals surface area contributed by atoms with Crippen molar-refractivity contribution in [2.75, 3.05) is 43.6 Å². The van der Waals surface area contributed by atoms with Gasteiger partial charge in [-0.3, -0.25) is 9.69 Å². The largest absolute Gasteiger partial charge is 0.487 e. The number of hydrogen-bond donors (Lipinski definition) is 1. The quantitative estimate of drug-likeness (QED) is 0.208. The molecule has 0 saturated heterocycles. The smallest absolute Gasteiger partial charge is 0.415 e. The van der Waals surface area contributed by atoms with Gasteiger partial charge < -0.3 is 33.9 Å². The number of carbonyl (C=O) groups is 3. The van der Waals surface area contributed by atoms with Gasteiger partial charge in [0.2, 0.25) is 0 Å². The number of nitrogens with one attached hydrogen (secondary N) is 1. The maximum atomic E-state index is 16.6. The maximum absolute atomic E-state index is 16.6. The molecule has 1 N–H and O–H groups in total. The first-order valence-corrected chi connectivity index (χ1v) is 15.7. The van der Waals surface area contributed by atoms with Crippen molar-refractivity contribution in [1.82, 2.24) is 4.90 Å². The van der Waals surface area contributed by atoms with Crippen LogP contribution >= 0.6 is 0 Å². The number of fused-ring (bicyclic) bond motifs is 1. The van der Waals surface area contributed by atoms with Crippen LogP contribution in [0.2, 0.25) is 0 Å². The Morgan fingerprint density at radius 3 is 2.13 bits per heavy atom. The molecule has 1 atom stereocenters. The molecule has 0 bridgehead atoms. The number of hydrogen-bond acceptors (Lipinski definition) is 9. The second-order valence-corrected chi connectivity index (χ2v) is 14.4. The van der Waals surface area contributed by atoms with Gasteiger partial charge >= 0.3 is 18.2 Å². The van der Waals surface area contributed by atoms with Crippen molar-refractivity contribution in [2.24, 2.45) is 0 Å². The zero-order valence-electron chi connectivity index (χ0n) is 29.3. The highest BCUT2D eigenvalue weighted by atomic mass is 19.1. The Kier molecular flexibility index (Phi) is 12.1. The van der Waals surface area contributed by atoms with Gasteiger partial charge in [0.1, 0.15) is 41.4 Å². The SMILES string of the molecule is COCCN(C[C@H]1Cc2c(cc(OCc3ccccc3)c(NCC(=O)OC(C)(C)C)c2F)N1C(=O)OC(C)(C)C)C(=O)OC(C)(C)C. The summed E-state index contributed by atoms with van der Waals surface area (Å²) in [5.41, 5.74) is -1.12. The van der Waals surface area contributed by atoms with E-state index in [1.807, 2.05) is 30.3 Å². The van der Waals surface area contributed by atoms with Gasteiger partial charge in [-0.15, -0.1) is 0 Å². The Morgan fingerprint density at radius 2 is 1.55 bits per heavy atom. The normalized spacial score (nSPS) is 14.7. The van der Waals surface area contributed by atoms with Crippen LogP contribution in [0, 0.1) is 5.82 Å². The molecule has 2 amide bonds. The predicted octanol–water partition coefficient (Wildman–Crippen LogP) is 6.71. The van der Waals surface area contributed by atoms with Crippen LogP contribution in [0.15, 0.2) is 36.4 Å². The first kappa shape index (κ1) is 37.4. The van der Waals surface area contributed by atoms with Crippen molar-refractivity contribution >= 4 is 29.5 Å². The topological polar surface area (TPSA) is 116 Å². The minimum Gasteiger partial charge on any atom is -0.487 e. The number of esters is 1. The Labute approximate surface area is 277 Å². The molecule has 1 aliphatic heterocycles. The molecule has 2 aromatic carbocycles. The summed E-state index contributed by atoms with van der Waals surface area (Å²) in [6, 6.07) is 10.2. The molecule has 47 heavy (non-hydrogen) atoms. The van der Waals surface area contributed by atoms with Crippen molar-refractivity contribution in [1.29, 1.82) is 0 Å². The molecule has 1 heterocycles. The van der Waals surface area contributed by atoms with Crippen molar-refractivity contribution in [2.45, 2.75) is 98.2 Å². The molecular formula is C35H50FN3O8. The Bertz CT molecular complexity index is 1400. The lowest BCUT2D eigenvalue weighted by atomic mass is 10.1. The molecule has 0 spiro atoms. The van der Waals surface area contributed by atoms with Crippen molar-refractivity contribution in [3.8, 4) is 5.75 Å². The standard InChI is InChI=1S/C35H50FN3O8/c1-33(2,3)45-28(40)20-37-30-27(44-22-23-14-12-11-13-15-23)19-26-25(29(30)36)18-24(39(26)32(42)47-35(7,8)9)21-38(16-17-43-10)31(41)46-34(4,5)6/h11-15,19,24,37H,16-18,20-22H2,1-10H3/t24-/m1/s1. The molecule has 0 fully saturated rings. The number of benzene rings is 2. The van der Waals surface area contributed by atoms with E-state index in [2.05, 4.69) is 5.32 Å². The summed E-state index contributed by atoms with van der Waals surface area (Å²) in [5, 5.41) is 2.87. The summed E-state index contributed by atoms with van der Waals surface area (Å²) in [5.74, 6) is -1.18. The van der Waals surface area contributed by atoms with Crippen LogP contribution in [0.3, 0.4) is 0 Å². The molecule has 3 rings (SSSR count). The van der Waals surface area contributed by atoms with Gasteiger partial charge in [-0.05, 0) is 67.9 Å². The summed E-state index contributed by atoms with van der Waals surface area (Å²) in [4.78, 5) is 42.4. The van der Waals surface area contributed by atoms with Crippen molar-refractivity contribution in [3.05, 3.63) is 53.3 Å². The highest BCUT2D eigenvalue weighted by molar-refractivity contribution is 5.93. The number of anilines is 2. The summed E-state index contributed by atoms with van der Waals surface area (Å²) in [6.07, 6.45) is -1.26. The predicted molar refractivity (Wildman–Crippen MR) is 177 cm³/mol. The van der Waals surface area contributed by atoms with E-state index in [9.17, 15) is 14.4 Å². The van der Waals surface area contributed by atoms with E-state index in [1.54, 1.807) is 68.4 Å². The molecule has 11 nitrogen and oxygen atoms in total. The molecule has 0 saturated carbocycles. The molecule has 0 aliphatic carbocycles. The summed E-state index contributed by atoms with van der Waals surface area (Å²) < 4.78 is 44.8. The number of rotatable bonds is 11. The summed E-state index contributed by atoms with van der Waals surface area (Å²) in [7, 11) is 1.52. The average Bonchev–Trinajstić information content (AvgIpc) is 3.29. The molecule has 260 valence electrons. The highest BCUT2D eigenvalue weighted by Gasteiger charge is 2.42. The zero-order valence-corrected chi connectivity index (χ0v) is 29.3. The van der Waals surface area contributed by atoms with Crippen LogP contribution in [0.25, 0.3) is 0 Å². The van der Waals surface area contributed by atoms with Crippen LogP contribution in [-0.4, -0.2) is 79.3 Å². The lowest BCUT2D eigenvalue weighted by Gasteiger charge is -2.33. The van der Waals surface area contributed by atoms with Gasteiger partial charge in [0, 0.05) is 38.2 Å². The summed E-state index contributed by atoms with van der Waals surface area (Å²) in [6.45, 7) is 15.9. The number of halogens is 1. The van der Waals surface area contributed by atoms with Gasteiger partial charge in [-0.2, -0.15) is 0 Å².